The van der Waals surface area contributed by atoms with Gasteiger partial charge in [-0.25, -0.2) is 0 Å². The van der Waals surface area contributed by atoms with Crippen LogP contribution in [0.4, 0.5) is 11.4 Å². The van der Waals surface area contributed by atoms with E-state index in [9.17, 15) is 14.4 Å². The summed E-state index contributed by atoms with van der Waals surface area (Å²) in [7, 11) is 1.64. The minimum absolute atomic E-state index is 0.162. The third kappa shape index (κ3) is 5.21. The van der Waals surface area contributed by atoms with Crippen LogP contribution >= 0.6 is 0 Å². The number of anilines is 2. The first kappa shape index (κ1) is 24.1. The van der Waals surface area contributed by atoms with Crippen molar-refractivity contribution in [2.45, 2.75) is 19.8 Å². The molecule has 0 radical (unpaired) electrons. The number of benzene rings is 3. The van der Waals surface area contributed by atoms with E-state index in [0.29, 0.717) is 42.6 Å². The molecular weight excluding hydrogens is 446 g/mol. The summed E-state index contributed by atoms with van der Waals surface area (Å²) in [4.78, 5) is 39.1. The van der Waals surface area contributed by atoms with E-state index in [2.05, 4.69) is 10.6 Å². The highest BCUT2D eigenvalue weighted by molar-refractivity contribution is 6.26. The summed E-state index contributed by atoms with van der Waals surface area (Å²) in [5.74, 6) is -0.200. The van der Waals surface area contributed by atoms with Gasteiger partial charge in [0.05, 0.1) is 13.7 Å². The summed E-state index contributed by atoms with van der Waals surface area (Å²) < 4.78 is 10.1. The number of esters is 1. The fraction of sp³-hybridized carbons (Fsp3) is 0.296. The van der Waals surface area contributed by atoms with E-state index in [4.69, 9.17) is 9.47 Å². The van der Waals surface area contributed by atoms with E-state index in [-0.39, 0.29) is 30.7 Å². The second kappa shape index (κ2) is 10.9. The summed E-state index contributed by atoms with van der Waals surface area (Å²) in [5, 5.41) is 8.25. The molecule has 0 aromatic heterocycles. The molecule has 0 saturated carbocycles. The molecule has 2 amide bonds. The van der Waals surface area contributed by atoms with Crippen LogP contribution in [0.25, 0.3) is 10.8 Å². The summed E-state index contributed by atoms with van der Waals surface area (Å²) in [6.07, 6.45) is 0.526. The van der Waals surface area contributed by atoms with E-state index in [1.54, 1.807) is 26.2 Å². The average molecular weight is 476 g/mol. The Bertz CT molecular complexity index is 1220. The lowest BCUT2D eigenvalue weighted by molar-refractivity contribution is -0.143. The van der Waals surface area contributed by atoms with Crippen LogP contribution in [0.3, 0.4) is 0 Å². The number of hydrogen-bond donors (Lipinski definition) is 2. The summed E-state index contributed by atoms with van der Waals surface area (Å²) >= 11 is 0. The predicted molar refractivity (Wildman–Crippen MR) is 135 cm³/mol. The van der Waals surface area contributed by atoms with Crippen LogP contribution in [0.1, 0.15) is 40.5 Å². The number of imide groups is 1. The van der Waals surface area contributed by atoms with Gasteiger partial charge in [0.15, 0.2) is 0 Å². The molecule has 35 heavy (non-hydrogen) atoms. The topological polar surface area (TPSA) is 97.0 Å². The number of nitrogens with zero attached hydrogens (tertiary/aromatic N) is 1. The van der Waals surface area contributed by atoms with E-state index in [1.807, 2.05) is 42.5 Å². The lowest BCUT2D eigenvalue weighted by Gasteiger charge is -2.28. The van der Waals surface area contributed by atoms with Crippen LogP contribution < -0.4 is 15.4 Å². The van der Waals surface area contributed by atoms with Crippen LogP contribution in [0.5, 0.6) is 5.75 Å². The van der Waals surface area contributed by atoms with Crippen LogP contribution in [-0.4, -0.2) is 56.0 Å². The largest absolute Gasteiger partial charge is 0.497 e. The van der Waals surface area contributed by atoms with Crippen LogP contribution in [0.2, 0.25) is 0 Å². The highest BCUT2D eigenvalue weighted by atomic mass is 16.5. The van der Waals surface area contributed by atoms with Gasteiger partial charge in [0.1, 0.15) is 5.75 Å². The third-order valence-electron chi connectivity index (χ3n) is 5.92. The van der Waals surface area contributed by atoms with Crippen molar-refractivity contribution in [3.63, 3.8) is 0 Å². The maximum atomic E-state index is 13.1. The van der Waals surface area contributed by atoms with Gasteiger partial charge >= 0.3 is 5.97 Å². The first-order chi connectivity index (χ1) is 17.0. The van der Waals surface area contributed by atoms with Crippen molar-refractivity contribution in [1.82, 2.24) is 4.90 Å². The quantitative estimate of drug-likeness (QED) is 0.242. The number of hydrogen-bond acceptors (Lipinski definition) is 7. The Hall–Kier alpha value is -4.07. The van der Waals surface area contributed by atoms with Gasteiger partial charge in [0.2, 0.25) is 0 Å². The molecule has 0 fully saturated rings. The zero-order chi connectivity index (χ0) is 24.8. The molecule has 0 saturated heterocycles. The normalized spacial score (nSPS) is 12.6. The van der Waals surface area contributed by atoms with Gasteiger partial charge in [-0.2, -0.15) is 0 Å². The molecule has 182 valence electrons. The average Bonchev–Trinajstić information content (AvgIpc) is 2.88. The third-order valence-corrected chi connectivity index (χ3v) is 5.92. The number of nitrogens with one attached hydrogen (secondary N) is 2. The first-order valence-corrected chi connectivity index (χ1v) is 11.7. The van der Waals surface area contributed by atoms with Gasteiger partial charge in [-0.1, -0.05) is 12.1 Å². The van der Waals surface area contributed by atoms with Crippen molar-refractivity contribution in [3.05, 3.63) is 65.7 Å². The second-order valence-corrected chi connectivity index (χ2v) is 8.14. The van der Waals surface area contributed by atoms with E-state index in [1.165, 1.54) is 4.90 Å². The smallest absolute Gasteiger partial charge is 0.305 e. The highest BCUT2D eigenvalue weighted by Crippen LogP contribution is 2.34. The molecule has 1 aliphatic heterocycles. The first-order valence-electron chi connectivity index (χ1n) is 11.7. The standard InChI is InChI=1S/C27H29N3O5/c1-3-35-24(31)8-5-17-30-26(32)21-7-4-6-20-23(14-13-22(25(20)21)27(30)33)29-16-15-28-18-9-11-19(34-2)12-10-18/h4,6-7,9-14,28-29H,3,5,8,15-17H2,1-2H3. The molecule has 3 aromatic carbocycles. The SMILES string of the molecule is CCOC(=O)CCCN1C(=O)c2cccc3c(NCCNc4ccc(OC)cc4)ccc(c23)C1=O. The monoisotopic (exact) mass is 475 g/mol. The highest BCUT2D eigenvalue weighted by Gasteiger charge is 2.33. The Labute approximate surface area is 204 Å². The zero-order valence-corrected chi connectivity index (χ0v) is 19.9. The minimum Gasteiger partial charge on any atom is -0.497 e. The Kier molecular flexibility index (Phi) is 7.50. The van der Waals surface area contributed by atoms with Gasteiger partial charge in [0, 0.05) is 59.3 Å². The van der Waals surface area contributed by atoms with Gasteiger partial charge in [-0.15, -0.1) is 0 Å². The number of amides is 2. The Morgan fingerprint density at radius 3 is 2.34 bits per heavy atom. The molecule has 8 nitrogen and oxygen atoms in total. The Balaban J connectivity index is 1.45. The number of rotatable bonds is 11. The zero-order valence-electron chi connectivity index (χ0n) is 19.9. The molecule has 1 heterocycles. The van der Waals surface area contributed by atoms with Crippen molar-refractivity contribution >= 4 is 39.9 Å². The second-order valence-electron chi connectivity index (χ2n) is 8.14. The van der Waals surface area contributed by atoms with Crippen LogP contribution in [-0.2, 0) is 9.53 Å². The lowest BCUT2D eigenvalue weighted by atomic mass is 9.93. The lowest BCUT2D eigenvalue weighted by Crippen LogP contribution is -2.41. The molecule has 1 aliphatic rings. The van der Waals surface area contributed by atoms with Gasteiger partial charge in [-0.3, -0.25) is 19.3 Å². The maximum Gasteiger partial charge on any atom is 0.305 e. The number of ether oxygens (including phenoxy) is 2. The molecule has 4 rings (SSSR count). The van der Waals surface area contributed by atoms with Gasteiger partial charge < -0.3 is 20.1 Å². The molecule has 2 N–H and O–H groups in total. The van der Waals surface area contributed by atoms with Gasteiger partial charge in [0.25, 0.3) is 11.8 Å². The van der Waals surface area contributed by atoms with Crippen LogP contribution in [0, 0.1) is 0 Å². The minimum atomic E-state index is -0.338. The Morgan fingerprint density at radius 1 is 0.914 bits per heavy atom. The molecular formula is C27H29N3O5. The maximum absolute atomic E-state index is 13.1. The van der Waals surface area contributed by atoms with Crippen molar-refractivity contribution in [2.75, 3.05) is 44.0 Å². The van der Waals surface area contributed by atoms with Crippen molar-refractivity contribution in [2.24, 2.45) is 0 Å². The number of methoxy groups -OCH3 is 1. The Morgan fingerprint density at radius 2 is 1.63 bits per heavy atom. The van der Waals surface area contributed by atoms with Crippen molar-refractivity contribution in [3.8, 4) is 5.75 Å². The van der Waals surface area contributed by atoms with Crippen molar-refractivity contribution in [1.29, 1.82) is 0 Å². The van der Waals surface area contributed by atoms with Crippen molar-refractivity contribution < 1.29 is 23.9 Å². The summed E-state index contributed by atoms with van der Waals surface area (Å²) in [5.41, 5.74) is 2.84. The predicted octanol–water partition coefficient (Wildman–Crippen LogP) is 4.31. The molecule has 0 bridgehead atoms. The molecule has 0 unspecified atom stereocenters. The molecule has 8 heteroatoms. The molecule has 0 atom stereocenters. The fourth-order valence-corrected chi connectivity index (χ4v) is 4.23. The number of carbonyl (C=O) groups excluding carboxylic acids is 3. The van der Waals surface area contributed by atoms with Crippen LogP contribution in [0.15, 0.2) is 54.6 Å². The van der Waals surface area contributed by atoms with E-state index < -0.39 is 0 Å². The number of carbonyl (C=O) groups is 3. The summed E-state index contributed by atoms with van der Waals surface area (Å²) in [6.45, 7) is 3.55. The van der Waals surface area contributed by atoms with E-state index in [0.717, 1.165) is 22.5 Å². The molecule has 3 aromatic rings. The van der Waals surface area contributed by atoms with E-state index >= 15 is 0 Å². The van der Waals surface area contributed by atoms with Gasteiger partial charge in [-0.05, 0) is 55.8 Å². The molecule has 0 aliphatic carbocycles. The molecule has 0 spiro atoms. The fourth-order valence-electron chi connectivity index (χ4n) is 4.23. The summed E-state index contributed by atoms with van der Waals surface area (Å²) in [6, 6.07) is 16.8.